The summed E-state index contributed by atoms with van der Waals surface area (Å²) in [6.45, 7) is 6.33. The van der Waals surface area contributed by atoms with Gasteiger partial charge in [-0.3, -0.25) is 4.84 Å². The monoisotopic (exact) mass is 457 g/mol. The summed E-state index contributed by atoms with van der Waals surface area (Å²) in [6, 6.07) is 23.4. The topological polar surface area (TPSA) is 83.2 Å². The van der Waals surface area contributed by atoms with E-state index in [1.165, 1.54) is 9.36 Å². The van der Waals surface area contributed by atoms with Crippen molar-refractivity contribution in [3.63, 3.8) is 0 Å². The lowest BCUT2D eigenvalue weighted by Gasteiger charge is -2.20. The van der Waals surface area contributed by atoms with E-state index in [9.17, 15) is 4.79 Å². The second kappa shape index (κ2) is 10.7. The first-order chi connectivity index (χ1) is 16.6. The zero-order valence-electron chi connectivity index (χ0n) is 19.2. The second-order valence-electron chi connectivity index (χ2n) is 7.79. The van der Waals surface area contributed by atoms with E-state index < -0.39 is 0 Å². The lowest BCUT2D eigenvalue weighted by molar-refractivity contribution is 0.0443. The molecule has 1 unspecified atom stereocenters. The van der Waals surface area contributed by atoms with Gasteiger partial charge >= 0.3 is 5.69 Å². The van der Waals surface area contributed by atoms with Gasteiger partial charge in [0.2, 0.25) is 0 Å². The summed E-state index contributed by atoms with van der Waals surface area (Å²) < 4.78 is 8.66. The summed E-state index contributed by atoms with van der Waals surface area (Å²) in [4.78, 5) is 18.0. The van der Waals surface area contributed by atoms with E-state index in [1.54, 1.807) is 13.1 Å². The minimum absolute atomic E-state index is 0.183. The van der Waals surface area contributed by atoms with Crippen LogP contribution in [0.2, 0.25) is 0 Å². The smallest absolute Gasteiger partial charge is 0.368 e. The Bertz CT molecular complexity index is 1310. The van der Waals surface area contributed by atoms with Crippen LogP contribution in [0.5, 0.6) is 5.75 Å². The number of benzene rings is 3. The number of aryl methyl sites for hydroxylation is 2. The highest BCUT2D eigenvalue weighted by molar-refractivity contribution is 5.45. The molecular formula is C26H27N5O3. The highest BCUT2D eigenvalue weighted by atomic mass is 16.6. The number of hydroxylamine groups is 1. The number of tetrazole rings is 1. The number of ether oxygens (including phenoxy) is 1. The first kappa shape index (κ1) is 23.2. The van der Waals surface area contributed by atoms with Gasteiger partial charge in [-0.15, -0.1) is 6.58 Å². The standard InChI is InChI=1S/C26H27N5O3/c1-4-16-34-27-25(20-11-6-5-7-12-20)21-13-9-14-22(17-21)33-18-23-19(2)10-8-15-24(23)31-26(32)30(3)28-29-31/h4-15,17,25,27H,1,16,18H2,2-3H3. The van der Waals surface area contributed by atoms with Crippen LogP contribution >= 0.6 is 0 Å². The average Bonchev–Trinajstić information content (AvgIpc) is 3.19. The molecule has 4 rings (SSSR count). The van der Waals surface area contributed by atoms with Gasteiger partial charge in [0.1, 0.15) is 12.4 Å². The van der Waals surface area contributed by atoms with Gasteiger partial charge in [0.05, 0.1) is 18.3 Å². The Balaban J connectivity index is 1.59. The molecule has 0 saturated heterocycles. The molecule has 0 aliphatic carbocycles. The maximum atomic E-state index is 12.4. The molecule has 8 nitrogen and oxygen atoms in total. The maximum absolute atomic E-state index is 12.4. The van der Waals surface area contributed by atoms with Crippen molar-refractivity contribution in [3.8, 4) is 11.4 Å². The lowest BCUT2D eigenvalue weighted by Crippen LogP contribution is -2.23. The van der Waals surface area contributed by atoms with E-state index >= 15 is 0 Å². The molecule has 0 bridgehead atoms. The molecule has 0 spiro atoms. The quantitative estimate of drug-likeness (QED) is 0.222. The molecule has 1 atom stereocenters. The van der Waals surface area contributed by atoms with Crippen LogP contribution in [0.4, 0.5) is 0 Å². The van der Waals surface area contributed by atoms with Gasteiger partial charge in [-0.2, -0.15) is 14.8 Å². The van der Waals surface area contributed by atoms with Crippen LogP contribution in [0.25, 0.3) is 5.69 Å². The van der Waals surface area contributed by atoms with Crippen LogP contribution in [0.1, 0.15) is 28.3 Å². The van der Waals surface area contributed by atoms with Crippen LogP contribution in [0.3, 0.4) is 0 Å². The number of hydrogen-bond acceptors (Lipinski definition) is 6. The zero-order chi connectivity index (χ0) is 23.9. The number of rotatable bonds is 10. The maximum Gasteiger partial charge on any atom is 0.368 e. The fourth-order valence-corrected chi connectivity index (χ4v) is 3.64. The van der Waals surface area contributed by atoms with Gasteiger partial charge in [0.25, 0.3) is 0 Å². The van der Waals surface area contributed by atoms with E-state index in [0.717, 1.165) is 22.3 Å². The van der Waals surface area contributed by atoms with E-state index in [4.69, 9.17) is 9.57 Å². The van der Waals surface area contributed by atoms with Crippen LogP contribution in [-0.4, -0.2) is 26.4 Å². The van der Waals surface area contributed by atoms with Gasteiger partial charge in [0, 0.05) is 12.6 Å². The van der Waals surface area contributed by atoms with Gasteiger partial charge in [-0.1, -0.05) is 60.7 Å². The number of aromatic nitrogens is 4. The summed E-state index contributed by atoms with van der Waals surface area (Å²) in [5, 5.41) is 7.80. The fraction of sp³-hybridized carbons (Fsp3) is 0.192. The van der Waals surface area contributed by atoms with Crippen molar-refractivity contribution in [2.75, 3.05) is 6.61 Å². The lowest BCUT2D eigenvalue weighted by atomic mass is 9.99. The van der Waals surface area contributed by atoms with Crippen LogP contribution < -0.4 is 15.9 Å². The minimum Gasteiger partial charge on any atom is -0.489 e. The van der Waals surface area contributed by atoms with Gasteiger partial charge in [-0.05, 0) is 52.2 Å². The van der Waals surface area contributed by atoms with Crippen molar-refractivity contribution in [1.29, 1.82) is 0 Å². The SMILES string of the molecule is C=CCONC(c1ccccc1)c1cccc(OCc2c(C)cccc2-n2nnn(C)c2=O)c1. The largest absolute Gasteiger partial charge is 0.489 e. The van der Waals surface area contributed by atoms with Gasteiger partial charge in [-0.25, -0.2) is 4.79 Å². The highest BCUT2D eigenvalue weighted by Crippen LogP contribution is 2.27. The molecule has 0 saturated carbocycles. The summed E-state index contributed by atoms with van der Waals surface area (Å²) in [5.74, 6) is 0.699. The molecule has 0 amide bonds. The van der Waals surface area contributed by atoms with Crippen molar-refractivity contribution in [2.24, 2.45) is 7.05 Å². The van der Waals surface area contributed by atoms with Crippen molar-refractivity contribution >= 4 is 0 Å². The molecule has 1 heterocycles. The molecule has 0 fully saturated rings. The molecule has 4 aromatic rings. The summed E-state index contributed by atoms with van der Waals surface area (Å²) in [6.07, 6.45) is 1.69. The Hall–Kier alpha value is -4.01. The van der Waals surface area contributed by atoms with E-state index in [2.05, 4.69) is 22.5 Å². The molecule has 1 N–H and O–H groups in total. The average molecular weight is 458 g/mol. The van der Waals surface area contributed by atoms with E-state index in [1.807, 2.05) is 79.7 Å². The summed E-state index contributed by atoms with van der Waals surface area (Å²) in [7, 11) is 1.57. The molecule has 0 aliphatic heterocycles. The van der Waals surface area contributed by atoms with Crippen LogP contribution in [0.15, 0.2) is 90.2 Å². The van der Waals surface area contributed by atoms with Crippen molar-refractivity contribution in [2.45, 2.75) is 19.6 Å². The molecule has 3 aromatic carbocycles. The van der Waals surface area contributed by atoms with Crippen LogP contribution in [0, 0.1) is 6.92 Å². The number of nitrogens with zero attached hydrogens (tertiary/aromatic N) is 4. The molecule has 0 radical (unpaired) electrons. The number of hydrogen-bond donors (Lipinski definition) is 1. The Morgan fingerprint density at radius 1 is 1.03 bits per heavy atom. The first-order valence-corrected chi connectivity index (χ1v) is 10.9. The first-order valence-electron chi connectivity index (χ1n) is 10.9. The van der Waals surface area contributed by atoms with E-state index in [0.29, 0.717) is 18.0 Å². The second-order valence-corrected chi connectivity index (χ2v) is 7.79. The van der Waals surface area contributed by atoms with Crippen LogP contribution in [-0.2, 0) is 18.5 Å². The predicted molar refractivity (Wildman–Crippen MR) is 130 cm³/mol. The number of nitrogens with one attached hydrogen (secondary N) is 1. The molecule has 174 valence electrons. The fourth-order valence-electron chi connectivity index (χ4n) is 3.64. The molecule has 34 heavy (non-hydrogen) atoms. The Morgan fingerprint density at radius 3 is 2.53 bits per heavy atom. The van der Waals surface area contributed by atoms with Gasteiger partial charge < -0.3 is 4.74 Å². The highest BCUT2D eigenvalue weighted by Gasteiger charge is 2.16. The molecular weight excluding hydrogens is 430 g/mol. The Kier molecular flexibility index (Phi) is 7.31. The third kappa shape index (κ3) is 5.14. The Morgan fingerprint density at radius 2 is 1.79 bits per heavy atom. The third-order valence-electron chi connectivity index (χ3n) is 5.45. The third-order valence-corrected chi connectivity index (χ3v) is 5.45. The van der Waals surface area contributed by atoms with Crippen molar-refractivity contribution in [1.82, 2.24) is 25.3 Å². The van der Waals surface area contributed by atoms with Crippen molar-refractivity contribution in [3.05, 3.63) is 118 Å². The van der Waals surface area contributed by atoms with Crippen molar-refractivity contribution < 1.29 is 9.57 Å². The Labute approximate surface area is 198 Å². The zero-order valence-corrected chi connectivity index (χ0v) is 19.2. The normalized spacial score (nSPS) is 11.8. The minimum atomic E-state index is -0.315. The molecule has 1 aromatic heterocycles. The molecule has 8 heteroatoms. The van der Waals surface area contributed by atoms with E-state index in [-0.39, 0.29) is 18.3 Å². The van der Waals surface area contributed by atoms with Gasteiger partial charge in [0.15, 0.2) is 0 Å². The summed E-state index contributed by atoms with van der Waals surface area (Å²) >= 11 is 0. The summed E-state index contributed by atoms with van der Waals surface area (Å²) in [5.41, 5.74) is 7.36. The predicted octanol–water partition coefficient (Wildman–Crippen LogP) is 3.65. The molecule has 0 aliphatic rings.